The van der Waals surface area contributed by atoms with Gasteiger partial charge in [-0.05, 0) is 44.2 Å². The first kappa shape index (κ1) is 21.0. The number of sulfone groups is 1. The van der Waals surface area contributed by atoms with Crippen molar-refractivity contribution in [1.82, 2.24) is 19.7 Å². The quantitative estimate of drug-likeness (QED) is 0.590. The number of carbonyl (C=O) groups excluding carboxylic acids is 1. The van der Waals surface area contributed by atoms with Gasteiger partial charge in [-0.25, -0.2) is 8.42 Å². The van der Waals surface area contributed by atoms with Crippen LogP contribution in [0.1, 0.15) is 56.7 Å². The van der Waals surface area contributed by atoms with Crippen molar-refractivity contribution in [2.45, 2.75) is 68.1 Å². The summed E-state index contributed by atoms with van der Waals surface area (Å²) in [6, 6.07) is 10.0. The summed E-state index contributed by atoms with van der Waals surface area (Å²) in [5.41, 5.74) is 1.01. The summed E-state index contributed by atoms with van der Waals surface area (Å²) in [6.07, 6.45) is 6.96. The Morgan fingerprint density at radius 1 is 1.03 bits per heavy atom. The Kier molecular flexibility index (Phi) is 5.81. The van der Waals surface area contributed by atoms with E-state index < -0.39 is 9.84 Å². The van der Waals surface area contributed by atoms with Gasteiger partial charge in [0.1, 0.15) is 5.82 Å². The normalized spacial score (nSPS) is 23.3. The second-order valence-electron chi connectivity index (χ2n) is 8.87. The van der Waals surface area contributed by atoms with Gasteiger partial charge in [0, 0.05) is 23.7 Å². The van der Waals surface area contributed by atoms with Crippen molar-refractivity contribution in [2.75, 3.05) is 17.3 Å². The lowest BCUT2D eigenvalue weighted by Crippen LogP contribution is -2.47. The molecule has 2 aromatic rings. The second-order valence-corrected chi connectivity index (χ2v) is 12.0. The summed E-state index contributed by atoms with van der Waals surface area (Å²) in [6.45, 7) is 0. The largest absolute Gasteiger partial charge is 0.335 e. The lowest BCUT2D eigenvalue weighted by Gasteiger charge is -2.34. The minimum atomic E-state index is -3.04. The molecule has 1 saturated heterocycles. The third kappa shape index (κ3) is 4.53. The molecule has 0 unspecified atom stereocenters. The van der Waals surface area contributed by atoms with E-state index in [0.717, 1.165) is 55.2 Å². The maximum absolute atomic E-state index is 13.4. The number of para-hydroxylation sites is 1. The standard InChI is InChI=1S/C22H28N4O3S2/c27-20(25(17-8-4-5-9-17)19-12-13-31(28,29)15-19)14-30-22-24-23-21(16-10-11-16)26(22)18-6-2-1-3-7-18/h1-3,6-7,16-17,19H,4-5,8-15H2/t19-/m0/s1. The zero-order valence-corrected chi connectivity index (χ0v) is 19.2. The molecule has 5 rings (SSSR count). The third-order valence-corrected chi connectivity index (χ3v) is 9.21. The van der Waals surface area contributed by atoms with Crippen molar-refractivity contribution in [1.29, 1.82) is 0 Å². The molecular formula is C22H28N4O3S2. The Labute approximate surface area is 187 Å². The van der Waals surface area contributed by atoms with Crippen molar-refractivity contribution in [2.24, 2.45) is 0 Å². The molecule has 0 spiro atoms. The molecule has 166 valence electrons. The van der Waals surface area contributed by atoms with E-state index in [2.05, 4.69) is 14.8 Å². The average molecular weight is 461 g/mol. The maximum atomic E-state index is 13.4. The molecule has 2 saturated carbocycles. The topological polar surface area (TPSA) is 85.2 Å². The highest BCUT2D eigenvalue weighted by Crippen LogP contribution is 2.41. The maximum Gasteiger partial charge on any atom is 0.233 e. The van der Waals surface area contributed by atoms with Crippen LogP contribution in [0.2, 0.25) is 0 Å². The highest BCUT2D eigenvalue weighted by atomic mass is 32.2. The Morgan fingerprint density at radius 3 is 2.42 bits per heavy atom. The van der Waals surface area contributed by atoms with Crippen molar-refractivity contribution >= 4 is 27.5 Å². The zero-order valence-electron chi connectivity index (χ0n) is 17.5. The van der Waals surface area contributed by atoms with E-state index in [-0.39, 0.29) is 35.2 Å². The number of hydrogen-bond donors (Lipinski definition) is 0. The van der Waals surface area contributed by atoms with Crippen LogP contribution in [0.5, 0.6) is 0 Å². The highest BCUT2D eigenvalue weighted by Gasteiger charge is 2.39. The molecule has 0 N–H and O–H groups in total. The lowest BCUT2D eigenvalue weighted by atomic mass is 10.1. The molecule has 0 bridgehead atoms. The fourth-order valence-corrected chi connectivity index (χ4v) is 7.42. The number of carbonyl (C=O) groups is 1. The molecule has 2 heterocycles. The number of thioether (sulfide) groups is 1. The van der Waals surface area contributed by atoms with Crippen LogP contribution in [-0.2, 0) is 14.6 Å². The van der Waals surface area contributed by atoms with Gasteiger partial charge in [0.15, 0.2) is 15.0 Å². The number of nitrogens with zero attached hydrogens (tertiary/aromatic N) is 4. The zero-order chi connectivity index (χ0) is 21.4. The molecular weight excluding hydrogens is 432 g/mol. The molecule has 3 aliphatic rings. The van der Waals surface area contributed by atoms with Crippen molar-refractivity contribution in [3.8, 4) is 5.69 Å². The highest BCUT2D eigenvalue weighted by molar-refractivity contribution is 7.99. The van der Waals surface area contributed by atoms with Crippen LogP contribution in [0, 0.1) is 0 Å². The molecule has 0 radical (unpaired) electrons. The molecule has 2 aliphatic carbocycles. The number of hydrogen-bond acceptors (Lipinski definition) is 6. The monoisotopic (exact) mass is 460 g/mol. The van der Waals surface area contributed by atoms with Gasteiger partial charge < -0.3 is 4.90 Å². The molecule has 7 nitrogen and oxygen atoms in total. The van der Waals surface area contributed by atoms with Crippen molar-refractivity contribution < 1.29 is 13.2 Å². The average Bonchev–Trinajstić information content (AvgIpc) is 3.14. The molecule has 1 atom stereocenters. The van der Waals surface area contributed by atoms with Gasteiger partial charge in [-0.3, -0.25) is 9.36 Å². The predicted octanol–water partition coefficient (Wildman–Crippen LogP) is 3.20. The van der Waals surface area contributed by atoms with Gasteiger partial charge in [0.25, 0.3) is 0 Å². The first-order valence-electron chi connectivity index (χ1n) is 11.2. The van der Waals surface area contributed by atoms with Crippen LogP contribution in [0.25, 0.3) is 5.69 Å². The lowest BCUT2D eigenvalue weighted by molar-refractivity contribution is -0.132. The van der Waals surface area contributed by atoms with E-state index in [9.17, 15) is 13.2 Å². The summed E-state index contributed by atoms with van der Waals surface area (Å²) >= 11 is 1.41. The van der Waals surface area contributed by atoms with E-state index in [1.54, 1.807) is 0 Å². The first-order chi connectivity index (χ1) is 15.0. The van der Waals surface area contributed by atoms with Crippen molar-refractivity contribution in [3.63, 3.8) is 0 Å². The van der Waals surface area contributed by atoms with E-state index in [0.29, 0.717) is 12.3 Å². The van der Waals surface area contributed by atoms with Crippen LogP contribution in [-0.4, -0.2) is 63.3 Å². The molecule has 1 amide bonds. The van der Waals surface area contributed by atoms with E-state index >= 15 is 0 Å². The fourth-order valence-electron chi connectivity index (χ4n) is 4.88. The Balaban J connectivity index is 1.35. The van der Waals surface area contributed by atoms with E-state index in [1.807, 2.05) is 35.2 Å². The number of rotatable bonds is 7. The summed E-state index contributed by atoms with van der Waals surface area (Å²) in [5, 5.41) is 9.58. The van der Waals surface area contributed by atoms with Gasteiger partial charge in [0.05, 0.1) is 17.3 Å². The molecule has 1 aliphatic heterocycles. The second kappa shape index (κ2) is 8.58. The van der Waals surface area contributed by atoms with Crippen molar-refractivity contribution in [3.05, 3.63) is 36.2 Å². The molecule has 9 heteroatoms. The SMILES string of the molecule is O=C(CSc1nnc(C2CC2)n1-c1ccccc1)N(C1CCCC1)[C@H]1CCS(=O)(=O)C1. The summed E-state index contributed by atoms with van der Waals surface area (Å²) < 4.78 is 26.2. The predicted molar refractivity (Wildman–Crippen MR) is 120 cm³/mol. The Hall–Kier alpha value is -1.87. The van der Waals surface area contributed by atoms with Crippen LogP contribution in [0.15, 0.2) is 35.5 Å². The minimum Gasteiger partial charge on any atom is -0.335 e. The summed E-state index contributed by atoms with van der Waals surface area (Å²) in [4.78, 5) is 15.3. The van der Waals surface area contributed by atoms with Crippen LogP contribution >= 0.6 is 11.8 Å². The van der Waals surface area contributed by atoms with Gasteiger partial charge >= 0.3 is 0 Å². The van der Waals surface area contributed by atoms with Gasteiger partial charge in [-0.1, -0.05) is 42.8 Å². The summed E-state index contributed by atoms with van der Waals surface area (Å²) in [7, 11) is -3.04. The molecule has 3 fully saturated rings. The van der Waals surface area contributed by atoms with E-state index in [1.165, 1.54) is 11.8 Å². The van der Waals surface area contributed by atoms with Gasteiger partial charge in [-0.15, -0.1) is 10.2 Å². The number of aromatic nitrogens is 3. The fraction of sp³-hybridized carbons (Fsp3) is 0.591. The number of amides is 1. The van der Waals surface area contributed by atoms with Gasteiger partial charge in [0.2, 0.25) is 5.91 Å². The first-order valence-corrected chi connectivity index (χ1v) is 14.0. The van der Waals surface area contributed by atoms with E-state index in [4.69, 9.17) is 0 Å². The molecule has 1 aromatic carbocycles. The van der Waals surface area contributed by atoms with Gasteiger partial charge in [-0.2, -0.15) is 0 Å². The van der Waals surface area contributed by atoms with Crippen LogP contribution in [0.3, 0.4) is 0 Å². The smallest absolute Gasteiger partial charge is 0.233 e. The Bertz CT molecular complexity index is 1040. The summed E-state index contributed by atoms with van der Waals surface area (Å²) in [5.74, 6) is 1.98. The third-order valence-electron chi connectivity index (χ3n) is 6.55. The van der Waals surface area contributed by atoms with Crippen LogP contribution < -0.4 is 0 Å². The molecule has 1 aromatic heterocycles. The Morgan fingerprint density at radius 2 is 1.77 bits per heavy atom. The molecule has 31 heavy (non-hydrogen) atoms. The number of benzene rings is 1. The minimum absolute atomic E-state index is 0.0228. The van der Waals surface area contributed by atoms with Crippen LogP contribution in [0.4, 0.5) is 0 Å².